The van der Waals surface area contributed by atoms with E-state index in [2.05, 4.69) is 6.58 Å². The predicted octanol–water partition coefficient (Wildman–Crippen LogP) is 0.301. The molecule has 0 amide bonds. The van der Waals surface area contributed by atoms with Crippen LogP contribution in [0.5, 0.6) is 0 Å². The molecule has 0 aromatic heterocycles. The number of aliphatic hydroxyl groups is 3. The van der Waals surface area contributed by atoms with Crippen molar-refractivity contribution in [3.05, 3.63) is 12.7 Å². The van der Waals surface area contributed by atoms with Crippen LogP contribution in [0.1, 0.15) is 20.3 Å². The molecule has 0 rings (SSSR count). The van der Waals surface area contributed by atoms with Crippen LogP contribution in [-0.2, 0) is 0 Å². The van der Waals surface area contributed by atoms with Gasteiger partial charge in [-0.05, 0) is 19.3 Å². The summed E-state index contributed by atoms with van der Waals surface area (Å²) in [5.41, 5.74) is 0. The first-order valence-corrected chi connectivity index (χ1v) is 4.15. The van der Waals surface area contributed by atoms with Crippen LogP contribution < -0.4 is 0 Å². The van der Waals surface area contributed by atoms with E-state index in [0.717, 1.165) is 0 Å². The maximum atomic E-state index is 9.30. The van der Waals surface area contributed by atoms with Gasteiger partial charge < -0.3 is 15.3 Å². The lowest BCUT2D eigenvalue weighted by atomic mass is 9.96. The minimum Gasteiger partial charge on any atom is -0.393 e. The van der Waals surface area contributed by atoms with Crippen LogP contribution in [0.15, 0.2) is 12.7 Å². The molecule has 0 spiro atoms. The number of rotatable bonds is 5. The summed E-state index contributed by atoms with van der Waals surface area (Å²) in [6.07, 6.45) is -0.514. The lowest BCUT2D eigenvalue weighted by Gasteiger charge is -2.20. The second-order valence-corrected chi connectivity index (χ2v) is 3.25. The van der Waals surface area contributed by atoms with Crippen molar-refractivity contribution in [2.45, 2.75) is 38.6 Å². The minimum absolute atomic E-state index is 0.0189. The zero-order valence-corrected chi connectivity index (χ0v) is 7.64. The molecule has 72 valence electrons. The first-order chi connectivity index (χ1) is 5.49. The van der Waals surface area contributed by atoms with Gasteiger partial charge in [0.2, 0.25) is 0 Å². The molecule has 3 N–H and O–H groups in total. The summed E-state index contributed by atoms with van der Waals surface area (Å²) >= 11 is 0. The van der Waals surface area contributed by atoms with Crippen molar-refractivity contribution in [2.75, 3.05) is 0 Å². The molecule has 0 aromatic carbocycles. The molecule has 0 radical (unpaired) electrons. The van der Waals surface area contributed by atoms with Crippen molar-refractivity contribution in [2.24, 2.45) is 5.92 Å². The summed E-state index contributed by atoms with van der Waals surface area (Å²) in [5, 5.41) is 27.5. The van der Waals surface area contributed by atoms with Crippen LogP contribution in [0.3, 0.4) is 0 Å². The van der Waals surface area contributed by atoms with Gasteiger partial charge in [0, 0.05) is 0 Å². The lowest BCUT2D eigenvalue weighted by Crippen LogP contribution is -2.28. The van der Waals surface area contributed by atoms with Gasteiger partial charge in [0.15, 0.2) is 0 Å². The molecule has 0 fully saturated rings. The van der Waals surface area contributed by atoms with Crippen LogP contribution in [0.25, 0.3) is 0 Å². The molecular formula is C9H18O3. The summed E-state index contributed by atoms with van der Waals surface area (Å²) in [7, 11) is 0. The smallest absolute Gasteiger partial charge is 0.0977 e. The van der Waals surface area contributed by atoms with E-state index in [1.165, 1.54) is 6.08 Å². The summed E-state index contributed by atoms with van der Waals surface area (Å²) in [4.78, 5) is 0. The summed E-state index contributed by atoms with van der Waals surface area (Å²) in [6.45, 7) is 6.85. The Hall–Kier alpha value is -0.380. The predicted molar refractivity (Wildman–Crippen MR) is 47.7 cm³/mol. The highest BCUT2D eigenvalue weighted by Gasteiger charge is 2.18. The fraction of sp³-hybridized carbons (Fsp3) is 0.778. The van der Waals surface area contributed by atoms with Gasteiger partial charge in [0.05, 0.1) is 18.3 Å². The van der Waals surface area contributed by atoms with Crippen molar-refractivity contribution in [3.63, 3.8) is 0 Å². The third-order valence-electron chi connectivity index (χ3n) is 2.07. The zero-order valence-electron chi connectivity index (χ0n) is 7.64. The van der Waals surface area contributed by atoms with Crippen molar-refractivity contribution in [3.8, 4) is 0 Å². The van der Waals surface area contributed by atoms with Crippen LogP contribution in [0, 0.1) is 5.92 Å². The quantitative estimate of drug-likeness (QED) is 0.525. The Labute approximate surface area is 73.4 Å². The van der Waals surface area contributed by atoms with E-state index in [0.29, 0.717) is 6.42 Å². The molecule has 12 heavy (non-hydrogen) atoms. The van der Waals surface area contributed by atoms with Gasteiger partial charge >= 0.3 is 0 Å². The van der Waals surface area contributed by atoms with Gasteiger partial charge in [-0.25, -0.2) is 0 Å². The average molecular weight is 174 g/mol. The van der Waals surface area contributed by atoms with E-state index < -0.39 is 18.3 Å². The SMILES string of the molecule is C=CC(O)C(O)CC(C)C(C)O. The second-order valence-electron chi connectivity index (χ2n) is 3.25. The molecule has 0 saturated heterocycles. The number of aliphatic hydroxyl groups excluding tert-OH is 3. The monoisotopic (exact) mass is 174 g/mol. The van der Waals surface area contributed by atoms with Gasteiger partial charge in [0.1, 0.15) is 0 Å². The van der Waals surface area contributed by atoms with Crippen molar-refractivity contribution < 1.29 is 15.3 Å². The van der Waals surface area contributed by atoms with Crippen LogP contribution in [-0.4, -0.2) is 33.6 Å². The topological polar surface area (TPSA) is 60.7 Å². The zero-order chi connectivity index (χ0) is 9.72. The van der Waals surface area contributed by atoms with Gasteiger partial charge in [-0.15, -0.1) is 6.58 Å². The molecule has 0 aliphatic carbocycles. The van der Waals surface area contributed by atoms with Crippen LogP contribution in [0.4, 0.5) is 0 Å². The Balaban J connectivity index is 3.82. The first kappa shape index (κ1) is 11.6. The Kier molecular flexibility index (Phi) is 5.13. The Morgan fingerprint density at radius 1 is 1.25 bits per heavy atom. The van der Waals surface area contributed by atoms with E-state index in [9.17, 15) is 5.11 Å². The molecule has 3 nitrogen and oxygen atoms in total. The average Bonchev–Trinajstić information content (AvgIpc) is 2.02. The Morgan fingerprint density at radius 2 is 1.75 bits per heavy atom. The fourth-order valence-corrected chi connectivity index (χ4v) is 0.874. The van der Waals surface area contributed by atoms with Crippen molar-refractivity contribution in [1.29, 1.82) is 0 Å². The van der Waals surface area contributed by atoms with Gasteiger partial charge in [-0.2, -0.15) is 0 Å². The maximum Gasteiger partial charge on any atom is 0.0977 e. The van der Waals surface area contributed by atoms with E-state index in [-0.39, 0.29) is 5.92 Å². The largest absolute Gasteiger partial charge is 0.393 e. The minimum atomic E-state index is -0.897. The van der Waals surface area contributed by atoms with Crippen LogP contribution >= 0.6 is 0 Å². The Bertz CT molecular complexity index is 134. The first-order valence-electron chi connectivity index (χ1n) is 4.15. The third-order valence-corrected chi connectivity index (χ3v) is 2.07. The van der Waals surface area contributed by atoms with Crippen molar-refractivity contribution in [1.82, 2.24) is 0 Å². The second kappa shape index (κ2) is 5.30. The summed E-state index contributed by atoms with van der Waals surface area (Å²) < 4.78 is 0. The molecule has 0 aliphatic heterocycles. The molecule has 0 bridgehead atoms. The highest BCUT2D eigenvalue weighted by molar-refractivity contribution is 4.85. The lowest BCUT2D eigenvalue weighted by molar-refractivity contribution is 0.0150. The highest BCUT2D eigenvalue weighted by atomic mass is 16.3. The number of hydrogen-bond acceptors (Lipinski definition) is 3. The standard InChI is InChI=1S/C9H18O3/c1-4-8(11)9(12)5-6(2)7(3)10/h4,6-12H,1,5H2,2-3H3. The van der Waals surface area contributed by atoms with Gasteiger partial charge in [-0.3, -0.25) is 0 Å². The maximum absolute atomic E-state index is 9.30. The summed E-state index contributed by atoms with van der Waals surface area (Å²) in [6, 6.07) is 0. The molecule has 0 aromatic rings. The number of hydrogen-bond donors (Lipinski definition) is 3. The molecule has 0 saturated carbocycles. The molecular weight excluding hydrogens is 156 g/mol. The summed E-state index contributed by atoms with van der Waals surface area (Å²) in [5.74, 6) is -0.0189. The molecule has 0 heterocycles. The van der Waals surface area contributed by atoms with Crippen LogP contribution in [0.2, 0.25) is 0 Å². The Morgan fingerprint density at radius 3 is 2.08 bits per heavy atom. The highest BCUT2D eigenvalue weighted by Crippen LogP contribution is 2.13. The van der Waals surface area contributed by atoms with E-state index >= 15 is 0 Å². The van der Waals surface area contributed by atoms with Crippen molar-refractivity contribution >= 4 is 0 Å². The van der Waals surface area contributed by atoms with Gasteiger partial charge in [0.25, 0.3) is 0 Å². The van der Waals surface area contributed by atoms with E-state index in [1.54, 1.807) is 6.92 Å². The fourth-order valence-electron chi connectivity index (χ4n) is 0.874. The molecule has 3 heteroatoms. The van der Waals surface area contributed by atoms with Gasteiger partial charge in [-0.1, -0.05) is 13.0 Å². The van der Waals surface area contributed by atoms with E-state index in [1.807, 2.05) is 6.92 Å². The molecule has 0 aliphatic rings. The molecule has 4 atom stereocenters. The normalized spacial score (nSPS) is 21.1. The third kappa shape index (κ3) is 3.85. The van der Waals surface area contributed by atoms with E-state index in [4.69, 9.17) is 10.2 Å². The molecule has 4 unspecified atom stereocenters.